The van der Waals surface area contributed by atoms with Gasteiger partial charge in [-0.2, -0.15) is 5.10 Å². The van der Waals surface area contributed by atoms with Gasteiger partial charge in [-0.15, -0.1) is 0 Å². The number of amidine groups is 1. The van der Waals surface area contributed by atoms with E-state index in [9.17, 15) is 14.4 Å². The molecule has 1 unspecified atom stereocenters. The van der Waals surface area contributed by atoms with Gasteiger partial charge in [-0.1, -0.05) is 24.3 Å². The number of nitrogens with zero attached hydrogens (tertiary/aromatic N) is 3. The quantitative estimate of drug-likeness (QED) is 0.330. The number of hydrogen-bond acceptors (Lipinski definition) is 8. The first-order valence-electron chi connectivity index (χ1n) is 11.3. The number of carbonyl (C=O) groups excluding carboxylic acids is 3. The zero-order valence-electron chi connectivity index (χ0n) is 19.9. The van der Waals surface area contributed by atoms with E-state index in [-0.39, 0.29) is 17.5 Å². The molecule has 0 spiro atoms. The van der Waals surface area contributed by atoms with Crippen LogP contribution in [0.3, 0.4) is 0 Å². The highest BCUT2D eigenvalue weighted by molar-refractivity contribution is 6.11. The summed E-state index contributed by atoms with van der Waals surface area (Å²) in [6.45, 7) is 2.58. The number of hydrazone groups is 1. The summed E-state index contributed by atoms with van der Waals surface area (Å²) in [4.78, 5) is 41.1. The van der Waals surface area contributed by atoms with Gasteiger partial charge in [0.2, 0.25) is 5.91 Å². The fourth-order valence-corrected chi connectivity index (χ4v) is 4.04. The summed E-state index contributed by atoms with van der Waals surface area (Å²) in [5, 5.41) is 14.3. The Bertz CT molecular complexity index is 1270. The second kappa shape index (κ2) is 10.8. The summed E-state index contributed by atoms with van der Waals surface area (Å²) in [7, 11) is 1.57. The van der Waals surface area contributed by atoms with Crippen molar-refractivity contribution < 1.29 is 19.1 Å². The number of hydrogen-bond donors (Lipinski definition) is 4. The summed E-state index contributed by atoms with van der Waals surface area (Å²) in [5.74, 6) is -0.491. The minimum atomic E-state index is -0.517. The molecule has 11 nitrogen and oxygen atoms in total. The summed E-state index contributed by atoms with van der Waals surface area (Å²) >= 11 is 0. The molecule has 2 aliphatic heterocycles. The highest BCUT2D eigenvalue weighted by atomic mass is 16.5. The molecule has 3 amide bonds. The molecule has 0 aliphatic carbocycles. The Hall–Kier alpha value is -4.51. The third-order valence-corrected chi connectivity index (χ3v) is 5.75. The third-order valence-electron chi connectivity index (χ3n) is 5.75. The molecule has 36 heavy (non-hydrogen) atoms. The van der Waals surface area contributed by atoms with Crippen molar-refractivity contribution in [2.24, 2.45) is 21.7 Å². The van der Waals surface area contributed by atoms with Gasteiger partial charge < -0.3 is 26.4 Å². The van der Waals surface area contributed by atoms with Crippen LogP contribution in [0.1, 0.15) is 22.8 Å². The average Bonchev–Trinajstić information content (AvgIpc) is 3.26. The smallest absolute Gasteiger partial charge is 0.323 e. The fourth-order valence-electron chi connectivity index (χ4n) is 4.04. The van der Waals surface area contributed by atoms with Crippen molar-refractivity contribution in [1.29, 1.82) is 0 Å². The molecule has 1 atom stereocenters. The number of ketones is 1. The van der Waals surface area contributed by atoms with Crippen LogP contribution >= 0.6 is 0 Å². The second-order valence-electron chi connectivity index (χ2n) is 8.22. The van der Waals surface area contributed by atoms with Gasteiger partial charge in [0.25, 0.3) is 0 Å². The van der Waals surface area contributed by atoms with Gasteiger partial charge in [0, 0.05) is 36.2 Å². The molecular weight excluding hydrogens is 462 g/mol. The highest BCUT2D eigenvalue weighted by Crippen LogP contribution is 2.37. The Labute approximate surface area is 208 Å². The van der Waals surface area contributed by atoms with Crippen molar-refractivity contribution in [2.45, 2.75) is 6.92 Å². The minimum Gasteiger partial charge on any atom is -0.383 e. The van der Waals surface area contributed by atoms with Gasteiger partial charge in [-0.25, -0.2) is 9.79 Å². The number of benzene rings is 2. The Morgan fingerprint density at radius 3 is 2.58 bits per heavy atom. The number of amides is 3. The molecule has 0 saturated heterocycles. The molecule has 2 aromatic carbocycles. The maximum Gasteiger partial charge on any atom is 0.323 e. The van der Waals surface area contributed by atoms with Crippen molar-refractivity contribution in [2.75, 3.05) is 37.4 Å². The number of ether oxygens (including phenoxy) is 1. The third kappa shape index (κ3) is 5.41. The highest BCUT2D eigenvalue weighted by Gasteiger charge is 2.39. The number of fused-ring (bicyclic) bond motifs is 1. The van der Waals surface area contributed by atoms with Crippen LogP contribution in [0.4, 0.5) is 16.2 Å². The largest absolute Gasteiger partial charge is 0.383 e. The van der Waals surface area contributed by atoms with E-state index >= 15 is 0 Å². The number of nitrogens with two attached hydrogens (primary N) is 1. The molecule has 0 fully saturated rings. The molecule has 186 valence electrons. The van der Waals surface area contributed by atoms with Gasteiger partial charge in [0.15, 0.2) is 11.6 Å². The number of nitrogens with one attached hydrogen (secondary N) is 3. The lowest BCUT2D eigenvalue weighted by Gasteiger charge is -2.18. The number of anilines is 2. The van der Waals surface area contributed by atoms with Crippen molar-refractivity contribution in [3.05, 3.63) is 65.4 Å². The molecule has 0 bridgehead atoms. The van der Waals surface area contributed by atoms with Crippen LogP contribution in [-0.4, -0.2) is 61.7 Å². The Balaban J connectivity index is 1.51. The summed E-state index contributed by atoms with van der Waals surface area (Å²) in [5.41, 5.74) is 9.77. The summed E-state index contributed by atoms with van der Waals surface area (Å²) in [6.07, 6.45) is 1.36. The first-order chi connectivity index (χ1) is 17.4. The molecule has 0 radical (unpaired) electrons. The van der Waals surface area contributed by atoms with Crippen LogP contribution < -0.4 is 21.7 Å². The van der Waals surface area contributed by atoms with E-state index in [0.29, 0.717) is 47.9 Å². The standard InChI is InChI=1S/C25H27N7O4/c1-15(33)17-4-3-5-19(12-17)31-25(35)30-18-8-6-16(7-9-18)21-20(24(34)27-10-11-36-2)13-32-22(21)23(26)28-14-29-32/h3-9,12,14,20H,10-11,13H2,1-2H3,(H,27,34)(H2,26,28,29)(H2,30,31,35). The van der Waals surface area contributed by atoms with E-state index in [0.717, 1.165) is 5.56 Å². The predicted octanol–water partition coefficient (Wildman–Crippen LogP) is 2.25. The summed E-state index contributed by atoms with van der Waals surface area (Å²) in [6, 6.07) is 13.3. The summed E-state index contributed by atoms with van der Waals surface area (Å²) < 4.78 is 5.02. The van der Waals surface area contributed by atoms with Crippen LogP contribution in [0.15, 0.2) is 64.3 Å². The maximum atomic E-state index is 13.0. The molecule has 11 heteroatoms. The number of urea groups is 1. The number of aliphatic imine (C=N–C) groups is 1. The fraction of sp³-hybridized carbons (Fsp3) is 0.240. The molecular formula is C25H27N7O4. The number of carbonyl (C=O) groups is 3. The Morgan fingerprint density at radius 2 is 1.86 bits per heavy atom. The van der Waals surface area contributed by atoms with Crippen molar-refractivity contribution in [3.8, 4) is 0 Å². The van der Waals surface area contributed by atoms with Crippen LogP contribution in [-0.2, 0) is 9.53 Å². The molecule has 2 heterocycles. The van der Waals surface area contributed by atoms with E-state index in [1.54, 1.807) is 60.6 Å². The number of rotatable bonds is 8. The first kappa shape index (κ1) is 24.6. The topological polar surface area (TPSA) is 151 Å². The molecule has 4 rings (SSSR count). The molecule has 2 aromatic rings. The predicted molar refractivity (Wildman–Crippen MR) is 138 cm³/mol. The average molecular weight is 490 g/mol. The van der Waals surface area contributed by atoms with Crippen LogP contribution in [0.25, 0.3) is 5.57 Å². The lowest BCUT2D eigenvalue weighted by Crippen LogP contribution is -2.35. The maximum absolute atomic E-state index is 13.0. The lowest BCUT2D eigenvalue weighted by molar-refractivity contribution is -0.123. The van der Waals surface area contributed by atoms with Crippen molar-refractivity contribution in [1.82, 2.24) is 10.3 Å². The minimum absolute atomic E-state index is 0.0875. The molecule has 5 N–H and O–H groups in total. The van der Waals surface area contributed by atoms with E-state index in [2.05, 4.69) is 26.0 Å². The monoisotopic (exact) mass is 489 g/mol. The zero-order valence-corrected chi connectivity index (χ0v) is 19.9. The van der Waals surface area contributed by atoms with Gasteiger partial charge in [0.05, 0.1) is 19.1 Å². The van der Waals surface area contributed by atoms with Crippen molar-refractivity contribution >= 4 is 46.8 Å². The van der Waals surface area contributed by atoms with Gasteiger partial charge >= 0.3 is 6.03 Å². The SMILES string of the molecule is COCCNC(=O)C1CN2N=CN=C(N)C2=C1c1ccc(NC(=O)Nc2cccc(C(C)=O)c2)cc1. The van der Waals surface area contributed by atoms with E-state index in [4.69, 9.17) is 10.5 Å². The van der Waals surface area contributed by atoms with Gasteiger partial charge in [-0.05, 0) is 36.8 Å². The van der Waals surface area contributed by atoms with Gasteiger partial charge in [-0.3, -0.25) is 14.6 Å². The normalized spacial score (nSPS) is 16.3. The zero-order chi connectivity index (χ0) is 25.7. The molecule has 0 saturated carbocycles. The molecule has 0 aromatic heterocycles. The number of methoxy groups -OCH3 is 1. The van der Waals surface area contributed by atoms with Crippen LogP contribution in [0, 0.1) is 5.92 Å². The molecule has 2 aliphatic rings. The van der Waals surface area contributed by atoms with Crippen LogP contribution in [0.5, 0.6) is 0 Å². The van der Waals surface area contributed by atoms with E-state index in [1.807, 2.05) is 0 Å². The Morgan fingerprint density at radius 1 is 1.11 bits per heavy atom. The van der Waals surface area contributed by atoms with Crippen molar-refractivity contribution in [3.63, 3.8) is 0 Å². The van der Waals surface area contributed by atoms with E-state index < -0.39 is 11.9 Å². The number of Topliss-reactive ketones (excluding diaryl/α,β-unsaturated/α-hetero) is 1. The Kier molecular flexibility index (Phi) is 7.40. The second-order valence-corrected chi connectivity index (χ2v) is 8.22. The van der Waals surface area contributed by atoms with E-state index in [1.165, 1.54) is 13.3 Å². The first-order valence-corrected chi connectivity index (χ1v) is 11.3. The van der Waals surface area contributed by atoms with Gasteiger partial charge in [0.1, 0.15) is 12.0 Å². The lowest BCUT2D eigenvalue weighted by atomic mass is 9.92. The van der Waals surface area contributed by atoms with Crippen LogP contribution in [0.2, 0.25) is 0 Å².